The SMILES string of the molecule is CO[C@H](/C=C/C(=O)Nc1ccccc1N)[C@H](OC(=O)NC(=O)c1ccccc1)c1ccc(OCCO)cc1. The van der Waals surface area contributed by atoms with Crippen LogP contribution in [0.15, 0.2) is 91.0 Å². The summed E-state index contributed by atoms with van der Waals surface area (Å²) in [4.78, 5) is 37.6. The van der Waals surface area contributed by atoms with Crippen molar-refractivity contribution in [2.75, 3.05) is 31.4 Å². The van der Waals surface area contributed by atoms with E-state index in [-0.39, 0.29) is 18.8 Å². The number of hydrogen-bond donors (Lipinski definition) is 4. The molecule has 0 heterocycles. The molecule has 10 nitrogen and oxygen atoms in total. The van der Waals surface area contributed by atoms with Crippen molar-refractivity contribution >= 4 is 29.3 Å². The van der Waals surface area contributed by atoms with E-state index in [1.807, 2.05) is 0 Å². The van der Waals surface area contributed by atoms with Crippen LogP contribution in [0.5, 0.6) is 5.75 Å². The second-order valence-corrected chi connectivity index (χ2v) is 7.92. The number of rotatable bonds is 11. The first-order chi connectivity index (χ1) is 18.4. The summed E-state index contributed by atoms with van der Waals surface area (Å²) in [7, 11) is 1.39. The average molecular weight is 520 g/mol. The van der Waals surface area contributed by atoms with Crippen molar-refractivity contribution in [3.05, 3.63) is 102 Å². The zero-order chi connectivity index (χ0) is 27.3. The molecule has 2 atom stereocenters. The quantitative estimate of drug-likeness (QED) is 0.222. The highest BCUT2D eigenvalue weighted by molar-refractivity contribution is 6.03. The van der Waals surface area contributed by atoms with Crippen LogP contribution in [0.2, 0.25) is 0 Å². The van der Waals surface area contributed by atoms with Crippen LogP contribution in [0.1, 0.15) is 22.0 Å². The van der Waals surface area contributed by atoms with Gasteiger partial charge in [-0.15, -0.1) is 0 Å². The fourth-order valence-electron chi connectivity index (χ4n) is 3.41. The number of benzene rings is 3. The van der Waals surface area contributed by atoms with Gasteiger partial charge < -0.3 is 30.4 Å². The minimum atomic E-state index is -1.04. The van der Waals surface area contributed by atoms with Crippen LogP contribution in [-0.2, 0) is 14.3 Å². The van der Waals surface area contributed by atoms with E-state index in [0.717, 1.165) is 0 Å². The number of imide groups is 1. The number of nitrogens with two attached hydrogens (primary N) is 1. The Hall–Kier alpha value is -4.67. The Labute approximate surface area is 220 Å². The van der Waals surface area contributed by atoms with Gasteiger partial charge in [-0.1, -0.05) is 42.5 Å². The highest BCUT2D eigenvalue weighted by atomic mass is 16.6. The molecule has 0 aliphatic carbocycles. The normalized spacial score (nSPS) is 12.4. The number of carbonyl (C=O) groups excluding carboxylic acids is 3. The Morgan fingerprint density at radius 2 is 1.66 bits per heavy atom. The molecule has 0 radical (unpaired) electrons. The number of anilines is 2. The number of nitrogens with one attached hydrogen (secondary N) is 2. The molecule has 3 rings (SSSR count). The van der Waals surface area contributed by atoms with Crippen molar-refractivity contribution in [2.45, 2.75) is 12.2 Å². The number of aliphatic hydroxyl groups excluding tert-OH is 1. The number of ether oxygens (including phenoxy) is 3. The van der Waals surface area contributed by atoms with Crippen molar-refractivity contribution in [2.24, 2.45) is 0 Å². The van der Waals surface area contributed by atoms with Crippen LogP contribution >= 0.6 is 0 Å². The Kier molecular flexibility index (Phi) is 10.4. The van der Waals surface area contributed by atoms with Gasteiger partial charge in [-0.05, 0) is 48.0 Å². The van der Waals surface area contributed by atoms with Gasteiger partial charge in [-0.25, -0.2) is 4.79 Å². The van der Waals surface area contributed by atoms with Gasteiger partial charge in [0.1, 0.15) is 18.5 Å². The monoisotopic (exact) mass is 519 g/mol. The predicted octanol–water partition coefficient (Wildman–Crippen LogP) is 3.46. The summed E-state index contributed by atoms with van der Waals surface area (Å²) >= 11 is 0. The second-order valence-electron chi connectivity index (χ2n) is 7.92. The molecule has 0 saturated carbocycles. The second kappa shape index (κ2) is 14.2. The molecular weight excluding hydrogens is 490 g/mol. The molecule has 0 unspecified atom stereocenters. The molecule has 0 aliphatic rings. The van der Waals surface area contributed by atoms with Gasteiger partial charge in [-0.3, -0.25) is 14.9 Å². The first-order valence-electron chi connectivity index (χ1n) is 11.7. The number of para-hydroxylation sites is 2. The summed E-state index contributed by atoms with van der Waals surface area (Å²) in [6.45, 7) is -0.0237. The molecule has 0 aliphatic heterocycles. The molecule has 0 spiro atoms. The molecule has 0 saturated heterocycles. The van der Waals surface area contributed by atoms with Gasteiger partial charge in [0.15, 0.2) is 6.10 Å². The summed E-state index contributed by atoms with van der Waals surface area (Å²) in [5.41, 5.74) is 7.52. The van der Waals surface area contributed by atoms with E-state index < -0.39 is 30.1 Å². The molecule has 38 heavy (non-hydrogen) atoms. The summed E-state index contributed by atoms with van der Waals surface area (Å²) in [6, 6.07) is 21.6. The van der Waals surface area contributed by atoms with E-state index in [4.69, 9.17) is 25.1 Å². The van der Waals surface area contributed by atoms with E-state index in [0.29, 0.717) is 22.7 Å². The molecule has 0 bridgehead atoms. The Bertz CT molecular complexity index is 1250. The predicted molar refractivity (Wildman–Crippen MR) is 142 cm³/mol. The number of nitrogen functional groups attached to an aromatic ring is 1. The lowest BCUT2D eigenvalue weighted by Gasteiger charge is -2.24. The summed E-state index contributed by atoms with van der Waals surface area (Å²) in [5, 5.41) is 13.8. The van der Waals surface area contributed by atoms with E-state index >= 15 is 0 Å². The molecule has 3 amide bonds. The Morgan fingerprint density at radius 3 is 2.32 bits per heavy atom. The van der Waals surface area contributed by atoms with E-state index in [9.17, 15) is 14.4 Å². The van der Waals surface area contributed by atoms with Crippen LogP contribution in [0.3, 0.4) is 0 Å². The Balaban J connectivity index is 1.79. The first-order valence-corrected chi connectivity index (χ1v) is 11.7. The fraction of sp³-hybridized carbons (Fsp3) is 0.179. The van der Waals surface area contributed by atoms with Gasteiger partial charge in [0, 0.05) is 18.7 Å². The fourth-order valence-corrected chi connectivity index (χ4v) is 3.41. The van der Waals surface area contributed by atoms with Crippen LogP contribution in [0.25, 0.3) is 0 Å². The summed E-state index contributed by atoms with van der Waals surface area (Å²) < 4.78 is 16.5. The average Bonchev–Trinajstić information content (AvgIpc) is 2.93. The highest BCUT2D eigenvalue weighted by Gasteiger charge is 2.27. The van der Waals surface area contributed by atoms with Crippen molar-refractivity contribution in [3.8, 4) is 5.75 Å². The molecule has 198 valence electrons. The van der Waals surface area contributed by atoms with Crippen molar-refractivity contribution in [1.29, 1.82) is 0 Å². The smallest absolute Gasteiger partial charge is 0.414 e. The maximum Gasteiger partial charge on any atom is 0.414 e. The third-order valence-electron chi connectivity index (χ3n) is 5.28. The van der Waals surface area contributed by atoms with Gasteiger partial charge in [0.2, 0.25) is 5.91 Å². The van der Waals surface area contributed by atoms with Gasteiger partial charge in [0.05, 0.1) is 18.0 Å². The maximum absolute atomic E-state index is 12.7. The lowest BCUT2D eigenvalue weighted by Crippen LogP contribution is -2.34. The van der Waals surface area contributed by atoms with E-state index in [2.05, 4.69) is 10.6 Å². The molecule has 10 heteroatoms. The topological polar surface area (TPSA) is 149 Å². The molecular formula is C28H29N3O7. The van der Waals surface area contributed by atoms with Gasteiger partial charge in [0.25, 0.3) is 5.91 Å². The largest absolute Gasteiger partial charge is 0.491 e. The lowest BCUT2D eigenvalue weighted by molar-refractivity contribution is -0.112. The van der Waals surface area contributed by atoms with Crippen molar-refractivity contribution in [3.63, 3.8) is 0 Å². The first kappa shape index (κ1) is 27.9. The molecule has 3 aromatic carbocycles. The third-order valence-corrected chi connectivity index (χ3v) is 5.28. The number of carbonyl (C=O) groups is 3. The van der Waals surface area contributed by atoms with Crippen molar-refractivity contribution in [1.82, 2.24) is 5.32 Å². The lowest BCUT2D eigenvalue weighted by atomic mass is 10.0. The number of aliphatic hydroxyl groups is 1. The molecule has 0 fully saturated rings. The van der Waals surface area contributed by atoms with Crippen LogP contribution in [-0.4, -0.2) is 49.4 Å². The molecule has 0 aromatic heterocycles. The maximum atomic E-state index is 12.7. The molecule has 5 N–H and O–H groups in total. The number of methoxy groups -OCH3 is 1. The van der Waals surface area contributed by atoms with E-state index in [1.165, 1.54) is 19.3 Å². The minimum Gasteiger partial charge on any atom is -0.491 e. The molecule has 3 aromatic rings. The summed E-state index contributed by atoms with van der Waals surface area (Å²) in [5.74, 6) is -0.610. The van der Waals surface area contributed by atoms with Gasteiger partial charge in [-0.2, -0.15) is 0 Å². The van der Waals surface area contributed by atoms with Gasteiger partial charge >= 0.3 is 6.09 Å². The zero-order valence-corrected chi connectivity index (χ0v) is 20.7. The summed E-state index contributed by atoms with van der Waals surface area (Å²) in [6.07, 6.45) is -0.275. The minimum absolute atomic E-state index is 0.119. The standard InChI is InChI=1S/C28H29N3O7/c1-36-24(15-16-25(33)30-23-10-6-5-9-22(23)29)26(19-11-13-21(14-12-19)37-18-17-32)38-28(35)31-27(34)20-7-3-2-4-8-20/h2-16,24,26,32H,17-18,29H2,1H3,(H,30,33)(H,31,34,35)/b16-15+/t24-,26-/m1/s1. The van der Waals surface area contributed by atoms with Crippen LogP contribution < -0.4 is 21.1 Å². The number of hydrogen-bond acceptors (Lipinski definition) is 8. The Morgan fingerprint density at radius 1 is 0.974 bits per heavy atom. The van der Waals surface area contributed by atoms with Crippen LogP contribution in [0, 0.1) is 0 Å². The zero-order valence-electron chi connectivity index (χ0n) is 20.7. The highest BCUT2D eigenvalue weighted by Crippen LogP contribution is 2.27. The van der Waals surface area contributed by atoms with Crippen LogP contribution in [0.4, 0.5) is 16.2 Å². The van der Waals surface area contributed by atoms with Crippen molar-refractivity contribution < 1.29 is 33.7 Å². The number of amides is 3. The third kappa shape index (κ3) is 8.19. The van der Waals surface area contributed by atoms with E-state index in [1.54, 1.807) is 78.9 Å². The number of alkyl carbamates (subject to hydrolysis) is 1.